The quantitative estimate of drug-likeness (QED) is 0.336. The molecule has 2 aromatic carbocycles. The van der Waals surface area contributed by atoms with E-state index in [0.29, 0.717) is 22.5 Å². The molecular formula is C25H31FN4O. The highest BCUT2D eigenvalue weighted by Gasteiger charge is 2.17. The summed E-state index contributed by atoms with van der Waals surface area (Å²) in [7, 11) is 0. The van der Waals surface area contributed by atoms with Crippen molar-refractivity contribution in [2.75, 3.05) is 25.0 Å². The lowest BCUT2D eigenvalue weighted by molar-refractivity contribution is 0.160. The Morgan fingerprint density at radius 3 is 2.97 bits per heavy atom. The zero-order chi connectivity index (χ0) is 21.8. The van der Waals surface area contributed by atoms with Gasteiger partial charge in [-0.05, 0) is 75.5 Å². The van der Waals surface area contributed by atoms with E-state index in [2.05, 4.69) is 34.0 Å². The average Bonchev–Trinajstić information content (AvgIpc) is 3.08. The van der Waals surface area contributed by atoms with Crippen LogP contribution in [0.3, 0.4) is 0 Å². The molecule has 1 aliphatic heterocycles. The topological polar surface area (TPSA) is 63.7 Å². The smallest absolute Gasteiger partial charge is 0.198 e. The standard InChI is InChI=1S/C25H31FN4O/c1-17-15-19(28-16-20-24-21(26)8-5-9-23(24)29-25(20)31)10-11-22(17)27-12-6-14-30-13-4-3-7-18(30)2/h5,8-11,15-16,18,27,29,31H,3-4,6-7,12-14H2,1-2H3. The molecule has 0 bridgehead atoms. The van der Waals surface area contributed by atoms with Gasteiger partial charge in [0.1, 0.15) is 5.82 Å². The summed E-state index contributed by atoms with van der Waals surface area (Å²) in [6.07, 6.45) is 6.63. The summed E-state index contributed by atoms with van der Waals surface area (Å²) in [5.74, 6) is -0.466. The minimum absolute atomic E-state index is 0.0816. The molecule has 0 spiro atoms. The van der Waals surface area contributed by atoms with Crippen molar-refractivity contribution in [2.24, 2.45) is 4.99 Å². The predicted molar refractivity (Wildman–Crippen MR) is 126 cm³/mol. The monoisotopic (exact) mass is 422 g/mol. The highest BCUT2D eigenvalue weighted by atomic mass is 19.1. The van der Waals surface area contributed by atoms with Crippen LogP contribution >= 0.6 is 0 Å². The number of hydrogen-bond donors (Lipinski definition) is 3. The molecule has 1 unspecified atom stereocenters. The maximum absolute atomic E-state index is 14.2. The molecular weight excluding hydrogens is 391 g/mol. The fourth-order valence-corrected chi connectivity index (χ4v) is 4.40. The summed E-state index contributed by atoms with van der Waals surface area (Å²) in [6.45, 7) is 7.69. The average molecular weight is 423 g/mol. The second-order valence-electron chi connectivity index (χ2n) is 8.47. The maximum Gasteiger partial charge on any atom is 0.198 e. The minimum Gasteiger partial charge on any atom is -0.494 e. The number of piperidine rings is 1. The summed E-state index contributed by atoms with van der Waals surface area (Å²) >= 11 is 0. The molecule has 1 aliphatic rings. The number of aromatic amines is 1. The molecule has 1 aromatic heterocycles. The summed E-state index contributed by atoms with van der Waals surface area (Å²) < 4.78 is 14.2. The van der Waals surface area contributed by atoms with Crippen LogP contribution in [0, 0.1) is 12.7 Å². The number of rotatable bonds is 7. The Kier molecular flexibility index (Phi) is 6.56. The number of benzene rings is 2. The number of aromatic hydroxyl groups is 1. The molecule has 3 N–H and O–H groups in total. The number of aryl methyl sites for hydroxylation is 1. The third-order valence-electron chi connectivity index (χ3n) is 6.22. The zero-order valence-electron chi connectivity index (χ0n) is 18.3. The van der Waals surface area contributed by atoms with Crippen molar-refractivity contribution in [3.63, 3.8) is 0 Å². The predicted octanol–water partition coefficient (Wildman–Crippen LogP) is 5.75. The van der Waals surface area contributed by atoms with E-state index in [1.165, 1.54) is 38.1 Å². The second-order valence-corrected chi connectivity index (χ2v) is 8.47. The minimum atomic E-state index is -0.384. The van der Waals surface area contributed by atoms with Crippen LogP contribution in [0.25, 0.3) is 10.9 Å². The third-order valence-corrected chi connectivity index (χ3v) is 6.22. The van der Waals surface area contributed by atoms with Gasteiger partial charge in [-0.2, -0.15) is 0 Å². The molecule has 0 saturated carbocycles. The first kappa shape index (κ1) is 21.4. The Bertz CT molecular complexity index is 1070. The van der Waals surface area contributed by atoms with Gasteiger partial charge in [0.15, 0.2) is 5.88 Å². The van der Waals surface area contributed by atoms with Gasteiger partial charge in [0, 0.05) is 36.4 Å². The van der Waals surface area contributed by atoms with Crippen LogP contribution in [0.2, 0.25) is 0 Å². The summed E-state index contributed by atoms with van der Waals surface area (Å²) in [4.78, 5) is 9.85. The second kappa shape index (κ2) is 9.52. The van der Waals surface area contributed by atoms with Gasteiger partial charge in [-0.1, -0.05) is 12.5 Å². The summed E-state index contributed by atoms with van der Waals surface area (Å²) in [5.41, 5.74) is 3.88. The molecule has 0 amide bonds. The van der Waals surface area contributed by atoms with Gasteiger partial charge in [0.25, 0.3) is 0 Å². The first-order chi connectivity index (χ1) is 15.0. The largest absolute Gasteiger partial charge is 0.494 e. The highest BCUT2D eigenvalue weighted by molar-refractivity contribution is 6.02. The number of H-pyrrole nitrogens is 1. The Labute approximate surface area is 183 Å². The fourth-order valence-electron chi connectivity index (χ4n) is 4.40. The van der Waals surface area contributed by atoms with Crippen LogP contribution in [0.5, 0.6) is 5.88 Å². The van der Waals surface area contributed by atoms with E-state index in [1.54, 1.807) is 12.1 Å². The fraction of sp³-hybridized carbons (Fsp3) is 0.400. The molecule has 1 saturated heterocycles. The third kappa shape index (κ3) is 4.90. The molecule has 31 heavy (non-hydrogen) atoms. The van der Waals surface area contributed by atoms with Crippen LogP contribution < -0.4 is 5.32 Å². The van der Waals surface area contributed by atoms with Crippen LogP contribution in [0.1, 0.15) is 43.7 Å². The number of hydrogen-bond acceptors (Lipinski definition) is 4. The Morgan fingerprint density at radius 2 is 2.16 bits per heavy atom. The van der Waals surface area contributed by atoms with Gasteiger partial charge in [-0.3, -0.25) is 4.99 Å². The molecule has 3 aromatic rings. The van der Waals surface area contributed by atoms with E-state index in [-0.39, 0.29) is 11.7 Å². The Morgan fingerprint density at radius 1 is 1.29 bits per heavy atom. The molecule has 164 valence electrons. The lowest BCUT2D eigenvalue weighted by Crippen LogP contribution is -2.38. The number of fused-ring (bicyclic) bond motifs is 1. The van der Waals surface area contributed by atoms with Gasteiger partial charge in [0.05, 0.1) is 16.8 Å². The van der Waals surface area contributed by atoms with Crippen LogP contribution in [-0.2, 0) is 0 Å². The van der Waals surface area contributed by atoms with Gasteiger partial charge >= 0.3 is 0 Å². The van der Waals surface area contributed by atoms with E-state index >= 15 is 0 Å². The molecule has 2 heterocycles. The van der Waals surface area contributed by atoms with E-state index in [9.17, 15) is 9.50 Å². The van der Waals surface area contributed by atoms with Crippen LogP contribution in [-0.4, -0.2) is 46.9 Å². The first-order valence-electron chi connectivity index (χ1n) is 11.1. The molecule has 0 radical (unpaired) electrons. The van der Waals surface area contributed by atoms with Gasteiger partial charge in [-0.15, -0.1) is 0 Å². The zero-order valence-corrected chi connectivity index (χ0v) is 18.3. The maximum atomic E-state index is 14.2. The number of nitrogens with one attached hydrogen (secondary N) is 2. The number of aromatic nitrogens is 1. The lowest BCUT2D eigenvalue weighted by Gasteiger charge is -2.33. The molecule has 1 atom stereocenters. The first-order valence-corrected chi connectivity index (χ1v) is 11.1. The van der Waals surface area contributed by atoms with E-state index in [0.717, 1.165) is 36.4 Å². The Hall–Kier alpha value is -2.86. The van der Waals surface area contributed by atoms with E-state index in [1.807, 2.05) is 18.2 Å². The van der Waals surface area contributed by atoms with Crippen molar-refractivity contribution < 1.29 is 9.50 Å². The highest BCUT2D eigenvalue weighted by Crippen LogP contribution is 2.29. The number of anilines is 1. The number of aliphatic imine (C=N–C) groups is 1. The van der Waals surface area contributed by atoms with Gasteiger partial charge < -0.3 is 20.3 Å². The van der Waals surface area contributed by atoms with Crippen molar-refractivity contribution in [1.29, 1.82) is 0 Å². The van der Waals surface area contributed by atoms with Crippen LogP contribution in [0.4, 0.5) is 15.8 Å². The summed E-state index contributed by atoms with van der Waals surface area (Å²) in [5, 5.41) is 14.0. The van der Waals surface area contributed by atoms with Gasteiger partial charge in [0.2, 0.25) is 0 Å². The summed E-state index contributed by atoms with van der Waals surface area (Å²) in [6, 6.07) is 11.4. The van der Waals surface area contributed by atoms with Crippen molar-refractivity contribution in [1.82, 2.24) is 9.88 Å². The normalized spacial score (nSPS) is 17.6. The molecule has 4 rings (SSSR count). The molecule has 6 heteroatoms. The van der Waals surface area contributed by atoms with Gasteiger partial charge in [-0.25, -0.2) is 4.39 Å². The molecule has 1 fully saturated rings. The number of nitrogens with zero attached hydrogens (tertiary/aromatic N) is 2. The van der Waals surface area contributed by atoms with Crippen LogP contribution in [0.15, 0.2) is 41.4 Å². The van der Waals surface area contributed by atoms with Crippen molar-refractivity contribution in [2.45, 2.75) is 45.6 Å². The van der Waals surface area contributed by atoms with Crippen molar-refractivity contribution >= 4 is 28.5 Å². The molecule has 5 nitrogen and oxygen atoms in total. The SMILES string of the molecule is Cc1cc(N=Cc2c(O)[nH]c3cccc(F)c23)ccc1NCCCN1CCCCC1C. The van der Waals surface area contributed by atoms with E-state index < -0.39 is 0 Å². The van der Waals surface area contributed by atoms with Crippen molar-refractivity contribution in [3.8, 4) is 5.88 Å². The Balaban J connectivity index is 1.37. The number of halogens is 1. The lowest BCUT2D eigenvalue weighted by atomic mass is 10.0. The molecule has 0 aliphatic carbocycles. The van der Waals surface area contributed by atoms with Crippen molar-refractivity contribution in [3.05, 3.63) is 53.3 Å². The number of likely N-dealkylation sites (tertiary alicyclic amines) is 1. The van der Waals surface area contributed by atoms with E-state index in [4.69, 9.17) is 0 Å².